The third-order valence-corrected chi connectivity index (χ3v) is 7.87. The van der Waals surface area contributed by atoms with Crippen LogP contribution >= 0.6 is 11.6 Å². The zero-order valence-corrected chi connectivity index (χ0v) is 23.8. The van der Waals surface area contributed by atoms with Gasteiger partial charge in [0.2, 0.25) is 21.8 Å². The monoisotopic (exact) mass is 573 g/mol. The van der Waals surface area contributed by atoms with Gasteiger partial charge in [-0.1, -0.05) is 67.1 Å². The van der Waals surface area contributed by atoms with Crippen LogP contribution in [0.25, 0.3) is 0 Å². The van der Waals surface area contributed by atoms with Gasteiger partial charge in [-0.2, -0.15) is 0 Å². The van der Waals surface area contributed by atoms with Crippen LogP contribution in [0.15, 0.2) is 78.9 Å². The number of nitrogens with zero attached hydrogens (tertiary/aromatic N) is 2. The molecule has 10 heteroatoms. The first-order chi connectivity index (χ1) is 18.5. The number of rotatable bonds is 12. The molecule has 0 aliphatic carbocycles. The third kappa shape index (κ3) is 8.53. The molecule has 1 N–H and O–H groups in total. The van der Waals surface area contributed by atoms with Crippen molar-refractivity contribution in [3.8, 4) is 0 Å². The van der Waals surface area contributed by atoms with Crippen molar-refractivity contribution < 1.29 is 22.4 Å². The molecular weight excluding hydrogens is 541 g/mol. The molecule has 0 aliphatic heterocycles. The molecule has 0 heterocycles. The lowest BCUT2D eigenvalue weighted by atomic mass is 10.0. The molecular formula is C29H33ClFN3O4S. The molecule has 0 aliphatic rings. The number of hydrogen-bond acceptors (Lipinski definition) is 4. The van der Waals surface area contributed by atoms with E-state index in [0.717, 1.165) is 28.3 Å². The van der Waals surface area contributed by atoms with Gasteiger partial charge in [0.15, 0.2) is 0 Å². The van der Waals surface area contributed by atoms with Crippen molar-refractivity contribution in [1.29, 1.82) is 0 Å². The normalized spacial score (nSPS) is 12.8. The van der Waals surface area contributed by atoms with E-state index >= 15 is 0 Å². The molecule has 39 heavy (non-hydrogen) atoms. The summed E-state index contributed by atoms with van der Waals surface area (Å²) in [6.45, 7) is 3.20. The Labute approximate surface area is 234 Å². The van der Waals surface area contributed by atoms with E-state index in [1.165, 1.54) is 17.0 Å². The molecule has 7 nitrogen and oxygen atoms in total. The van der Waals surface area contributed by atoms with Crippen LogP contribution in [-0.4, -0.2) is 50.0 Å². The van der Waals surface area contributed by atoms with Gasteiger partial charge < -0.3 is 10.2 Å². The topological polar surface area (TPSA) is 86.8 Å². The number of carbonyl (C=O) groups excluding carboxylic acids is 2. The van der Waals surface area contributed by atoms with E-state index in [-0.39, 0.29) is 30.6 Å². The van der Waals surface area contributed by atoms with Gasteiger partial charge in [0, 0.05) is 24.0 Å². The molecule has 0 radical (unpaired) electrons. The Bertz CT molecular complexity index is 1370. The molecule has 0 bridgehead atoms. The molecule has 208 valence electrons. The number of carbonyl (C=O) groups is 2. The van der Waals surface area contributed by atoms with E-state index in [2.05, 4.69) is 5.32 Å². The highest BCUT2D eigenvalue weighted by Gasteiger charge is 2.33. The molecule has 3 aromatic carbocycles. The van der Waals surface area contributed by atoms with Crippen molar-refractivity contribution in [2.45, 2.75) is 45.3 Å². The van der Waals surface area contributed by atoms with Crippen molar-refractivity contribution >= 4 is 39.1 Å². The summed E-state index contributed by atoms with van der Waals surface area (Å²) in [6, 6.07) is 20.0. The molecule has 0 unspecified atom stereocenters. The largest absolute Gasteiger partial charge is 0.352 e. The van der Waals surface area contributed by atoms with Gasteiger partial charge in [-0.15, -0.1) is 0 Å². The van der Waals surface area contributed by atoms with Gasteiger partial charge in [0.05, 0.1) is 11.9 Å². The van der Waals surface area contributed by atoms with Crippen molar-refractivity contribution in [3.05, 3.63) is 101 Å². The second kappa shape index (κ2) is 13.6. The van der Waals surface area contributed by atoms with E-state index in [0.29, 0.717) is 17.0 Å². The number of halogens is 2. The lowest BCUT2D eigenvalue weighted by molar-refractivity contribution is -0.140. The minimum absolute atomic E-state index is 0.0229. The average Bonchev–Trinajstić information content (AvgIpc) is 2.90. The molecule has 0 saturated heterocycles. The fourth-order valence-corrected chi connectivity index (χ4v) is 5.07. The van der Waals surface area contributed by atoms with Crippen LogP contribution in [0.1, 0.15) is 31.4 Å². The zero-order valence-electron chi connectivity index (χ0n) is 22.2. The summed E-state index contributed by atoms with van der Waals surface area (Å²) in [6.07, 6.45) is 1.86. The first-order valence-corrected chi connectivity index (χ1v) is 14.8. The molecule has 0 saturated carbocycles. The highest BCUT2D eigenvalue weighted by Crippen LogP contribution is 2.23. The Balaban J connectivity index is 2.06. The molecule has 3 rings (SSSR count). The van der Waals surface area contributed by atoms with Crippen LogP contribution in [0.2, 0.25) is 5.02 Å². The second-order valence-corrected chi connectivity index (χ2v) is 11.7. The lowest BCUT2D eigenvalue weighted by Crippen LogP contribution is -2.54. The Hall–Kier alpha value is -3.43. The predicted octanol–water partition coefficient (Wildman–Crippen LogP) is 4.80. The van der Waals surface area contributed by atoms with E-state index < -0.39 is 34.3 Å². The smallest absolute Gasteiger partial charge is 0.244 e. The number of benzene rings is 3. The predicted molar refractivity (Wildman–Crippen MR) is 152 cm³/mol. The van der Waals surface area contributed by atoms with Crippen molar-refractivity contribution in [2.75, 3.05) is 17.1 Å². The standard InChI is InChI=1S/C29H33ClFN3O4S/c1-4-21(2)32-29(36)27(18-22-10-6-5-7-11-22)33(19-23-12-8-9-13-26(23)30)28(35)20-34(39(3,37)38)25-16-14-24(31)15-17-25/h5-17,21,27H,4,18-20H2,1-3H3,(H,32,36)/t21-,27+/m0/s1. The Morgan fingerprint density at radius 3 is 2.18 bits per heavy atom. The minimum atomic E-state index is -3.93. The number of sulfonamides is 1. The molecule has 0 spiro atoms. The van der Waals surface area contributed by atoms with Crippen LogP contribution in [-0.2, 0) is 32.6 Å². The minimum Gasteiger partial charge on any atom is -0.352 e. The number of hydrogen-bond donors (Lipinski definition) is 1. The van der Waals surface area contributed by atoms with Gasteiger partial charge in [0.25, 0.3) is 0 Å². The van der Waals surface area contributed by atoms with Gasteiger partial charge in [0.1, 0.15) is 18.4 Å². The van der Waals surface area contributed by atoms with Crippen molar-refractivity contribution in [2.24, 2.45) is 0 Å². The van der Waals surface area contributed by atoms with Crippen LogP contribution in [0, 0.1) is 5.82 Å². The fourth-order valence-electron chi connectivity index (χ4n) is 4.03. The second-order valence-electron chi connectivity index (χ2n) is 9.38. The molecule has 3 aromatic rings. The number of anilines is 1. The van der Waals surface area contributed by atoms with E-state index in [1.54, 1.807) is 24.3 Å². The fraction of sp³-hybridized carbons (Fsp3) is 0.310. The maximum atomic E-state index is 14.0. The van der Waals surface area contributed by atoms with Gasteiger partial charge >= 0.3 is 0 Å². The summed E-state index contributed by atoms with van der Waals surface area (Å²) in [4.78, 5) is 29.0. The number of nitrogens with one attached hydrogen (secondary N) is 1. The Morgan fingerprint density at radius 1 is 0.974 bits per heavy atom. The van der Waals surface area contributed by atoms with E-state index in [1.807, 2.05) is 44.2 Å². The summed E-state index contributed by atoms with van der Waals surface area (Å²) in [5, 5.41) is 3.38. The summed E-state index contributed by atoms with van der Waals surface area (Å²) in [5.41, 5.74) is 1.57. The van der Waals surface area contributed by atoms with Crippen molar-refractivity contribution in [3.63, 3.8) is 0 Å². The average molecular weight is 574 g/mol. The highest BCUT2D eigenvalue weighted by molar-refractivity contribution is 7.92. The van der Waals surface area contributed by atoms with E-state index in [9.17, 15) is 22.4 Å². The lowest BCUT2D eigenvalue weighted by Gasteiger charge is -2.34. The van der Waals surface area contributed by atoms with E-state index in [4.69, 9.17) is 11.6 Å². The number of amides is 2. The zero-order chi connectivity index (χ0) is 28.6. The van der Waals surface area contributed by atoms with Crippen LogP contribution in [0.3, 0.4) is 0 Å². The first-order valence-electron chi connectivity index (χ1n) is 12.6. The SMILES string of the molecule is CC[C@H](C)NC(=O)[C@@H](Cc1ccccc1)N(Cc1ccccc1Cl)C(=O)CN(c1ccc(F)cc1)S(C)(=O)=O. The summed E-state index contributed by atoms with van der Waals surface area (Å²) < 4.78 is 39.9. The van der Waals surface area contributed by atoms with Crippen LogP contribution in [0.4, 0.5) is 10.1 Å². The third-order valence-electron chi connectivity index (χ3n) is 6.36. The summed E-state index contributed by atoms with van der Waals surface area (Å²) in [5.74, 6) is -1.50. The molecule has 0 aromatic heterocycles. The van der Waals surface area contributed by atoms with Crippen molar-refractivity contribution in [1.82, 2.24) is 10.2 Å². The Kier molecular flexibility index (Phi) is 10.5. The maximum Gasteiger partial charge on any atom is 0.244 e. The highest BCUT2D eigenvalue weighted by atomic mass is 35.5. The van der Waals surface area contributed by atoms with Crippen LogP contribution < -0.4 is 9.62 Å². The quantitative estimate of drug-likeness (QED) is 0.337. The maximum absolute atomic E-state index is 14.0. The Morgan fingerprint density at radius 2 is 1.59 bits per heavy atom. The molecule has 0 fully saturated rings. The van der Waals surface area contributed by atoms with Crippen LogP contribution in [0.5, 0.6) is 0 Å². The summed E-state index contributed by atoms with van der Waals surface area (Å²) in [7, 11) is -3.93. The first kappa shape index (κ1) is 30.1. The van der Waals surface area contributed by atoms with Gasteiger partial charge in [-0.3, -0.25) is 13.9 Å². The van der Waals surface area contributed by atoms with Gasteiger partial charge in [-0.05, 0) is 54.8 Å². The molecule has 2 atom stereocenters. The summed E-state index contributed by atoms with van der Waals surface area (Å²) >= 11 is 6.43. The van der Waals surface area contributed by atoms with Gasteiger partial charge in [-0.25, -0.2) is 12.8 Å². The molecule has 2 amide bonds.